The van der Waals surface area contributed by atoms with Gasteiger partial charge in [0.25, 0.3) is 5.56 Å². The smallest absolute Gasteiger partial charge is 0.305 e. The zero-order valence-corrected chi connectivity index (χ0v) is 16.8. The molecule has 0 fully saturated rings. The molecule has 8 nitrogen and oxygen atoms in total. The molecule has 2 heterocycles. The lowest BCUT2D eigenvalue weighted by atomic mass is 10.1. The lowest BCUT2D eigenvalue weighted by Crippen LogP contribution is -2.24. The van der Waals surface area contributed by atoms with E-state index in [9.17, 15) is 14.0 Å². The summed E-state index contributed by atoms with van der Waals surface area (Å²) in [7, 11) is 1.35. The van der Waals surface area contributed by atoms with Crippen LogP contribution in [0.2, 0.25) is 0 Å². The van der Waals surface area contributed by atoms with Crippen LogP contribution in [0.5, 0.6) is 0 Å². The molecule has 31 heavy (non-hydrogen) atoms. The molecule has 0 atom stereocenters. The molecule has 4 aromatic rings. The van der Waals surface area contributed by atoms with E-state index in [2.05, 4.69) is 20.1 Å². The number of ether oxygens (including phenoxy) is 1. The third kappa shape index (κ3) is 4.35. The molecule has 0 radical (unpaired) electrons. The van der Waals surface area contributed by atoms with Gasteiger partial charge in [0.05, 0.1) is 29.9 Å². The molecule has 0 saturated heterocycles. The summed E-state index contributed by atoms with van der Waals surface area (Å²) in [5.74, 6) is -0.131. The average Bonchev–Trinajstić information content (AvgIpc) is 3.32. The molecule has 1 N–H and O–H groups in total. The number of nitrogens with one attached hydrogen (secondary N) is 1. The monoisotopic (exact) mass is 421 g/mol. The number of fused-ring (bicyclic) bond motifs is 1. The van der Waals surface area contributed by atoms with Gasteiger partial charge in [-0.25, -0.2) is 9.37 Å². The van der Waals surface area contributed by atoms with E-state index in [0.29, 0.717) is 53.8 Å². The Morgan fingerprint density at radius 3 is 2.68 bits per heavy atom. The molecule has 2 aromatic carbocycles. The lowest BCUT2D eigenvalue weighted by molar-refractivity contribution is -0.140. The van der Waals surface area contributed by atoms with E-state index >= 15 is 0 Å². The van der Waals surface area contributed by atoms with Gasteiger partial charge in [-0.15, -0.1) is 0 Å². The summed E-state index contributed by atoms with van der Waals surface area (Å²) in [6.07, 6.45) is 3.59. The Bertz CT molecular complexity index is 1270. The summed E-state index contributed by atoms with van der Waals surface area (Å²) in [5.41, 5.74) is 2.25. The molecular weight excluding hydrogens is 401 g/mol. The number of carbonyl (C=O) groups excluding carboxylic acids is 1. The molecule has 158 valence electrons. The minimum absolute atomic E-state index is 0.244. The van der Waals surface area contributed by atoms with Crippen molar-refractivity contribution in [2.75, 3.05) is 7.11 Å². The number of esters is 1. The van der Waals surface area contributed by atoms with Crippen LogP contribution in [0, 0.1) is 5.82 Å². The van der Waals surface area contributed by atoms with E-state index in [4.69, 9.17) is 4.98 Å². The Morgan fingerprint density at radius 2 is 1.97 bits per heavy atom. The van der Waals surface area contributed by atoms with Crippen molar-refractivity contribution in [1.29, 1.82) is 0 Å². The van der Waals surface area contributed by atoms with E-state index in [1.165, 1.54) is 23.8 Å². The summed E-state index contributed by atoms with van der Waals surface area (Å²) >= 11 is 0. The van der Waals surface area contributed by atoms with Crippen molar-refractivity contribution in [3.05, 3.63) is 70.7 Å². The van der Waals surface area contributed by atoms with E-state index in [-0.39, 0.29) is 17.3 Å². The zero-order valence-electron chi connectivity index (χ0n) is 16.8. The van der Waals surface area contributed by atoms with Crippen molar-refractivity contribution >= 4 is 16.9 Å². The highest BCUT2D eigenvalue weighted by atomic mass is 19.1. The van der Waals surface area contributed by atoms with E-state index in [1.807, 2.05) is 0 Å². The molecule has 2 aromatic heterocycles. The highest BCUT2D eigenvalue weighted by Crippen LogP contribution is 2.21. The molecule has 0 spiro atoms. The first-order chi connectivity index (χ1) is 15.1. The van der Waals surface area contributed by atoms with Crippen LogP contribution in [0.3, 0.4) is 0 Å². The Kier molecular flexibility index (Phi) is 5.83. The van der Waals surface area contributed by atoms with Crippen molar-refractivity contribution in [2.45, 2.75) is 25.7 Å². The van der Waals surface area contributed by atoms with Crippen LogP contribution < -0.4 is 5.56 Å². The second-order valence-corrected chi connectivity index (χ2v) is 7.02. The van der Waals surface area contributed by atoms with Crippen molar-refractivity contribution in [2.24, 2.45) is 0 Å². The standard InChI is InChI=1S/C22H20FN5O3/c1-31-21(29)5-3-2-4-20-25-18-12-14(19-13-24-27-26-19)6-11-17(18)22(30)28(20)16-9-7-15(23)8-10-16/h6-13H,2-5H2,1H3,(H,24,26,27). The number of aryl methyl sites for hydroxylation is 1. The number of nitrogens with zero attached hydrogens (tertiary/aromatic N) is 4. The minimum atomic E-state index is -0.387. The number of hydrogen-bond acceptors (Lipinski definition) is 6. The molecule has 0 aliphatic rings. The Labute approximate surface area is 176 Å². The average molecular weight is 421 g/mol. The Balaban J connectivity index is 1.77. The van der Waals surface area contributed by atoms with Gasteiger partial charge < -0.3 is 4.74 Å². The summed E-state index contributed by atoms with van der Waals surface area (Å²) in [4.78, 5) is 29.5. The number of hydrogen-bond donors (Lipinski definition) is 1. The molecule has 0 aliphatic carbocycles. The topological polar surface area (TPSA) is 103 Å². The molecule has 9 heteroatoms. The first-order valence-corrected chi connectivity index (χ1v) is 9.81. The van der Waals surface area contributed by atoms with Crippen molar-refractivity contribution < 1.29 is 13.9 Å². The number of H-pyrrole nitrogens is 1. The van der Waals surface area contributed by atoms with Crippen LogP contribution in [0.4, 0.5) is 4.39 Å². The fourth-order valence-corrected chi connectivity index (χ4v) is 3.41. The normalized spacial score (nSPS) is 11.0. The van der Waals surface area contributed by atoms with Crippen LogP contribution in [0.1, 0.15) is 25.1 Å². The number of halogens is 1. The second kappa shape index (κ2) is 8.86. The Morgan fingerprint density at radius 1 is 1.16 bits per heavy atom. The van der Waals surface area contributed by atoms with Crippen LogP contribution >= 0.6 is 0 Å². The third-order valence-electron chi connectivity index (χ3n) is 4.99. The van der Waals surface area contributed by atoms with Gasteiger partial charge in [-0.05, 0) is 49.2 Å². The number of aromatic amines is 1. The number of aromatic nitrogens is 5. The van der Waals surface area contributed by atoms with Gasteiger partial charge in [0.1, 0.15) is 17.3 Å². The van der Waals surface area contributed by atoms with Gasteiger partial charge in [0.2, 0.25) is 0 Å². The SMILES string of the molecule is COC(=O)CCCCc1nc2cc(-c3cn[nH]n3)ccc2c(=O)n1-c1ccc(F)cc1. The fourth-order valence-electron chi connectivity index (χ4n) is 3.41. The largest absolute Gasteiger partial charge is 0.469 e. The van der Waals surface area contributed by atoms with Crippen LogP contribution in [0.15, 0.2) is 53.5 Å². The summed E-state index contributed by atoms with van der Waals surface area (Å²) in [5, 5.41) is 10.9. The van der Waals surface area contributed by atoms with Gasteiger partial charge in [-0.2, -0.15) is 15.4 Å². The quantitative estimate of drug-likeness (QED) is 0.363. The van der Waals surface area contributed by atoms with Crippen LogP contribution in [-0.4, -0.2) is 38.0 Å². The zero-order chi connectivity index (χ0) is 21.8. The second-order valence-electron chi connectivity index (χ2n) is 7.02. The fraction of sp³-hybridized carbons (Fsp3) is 0.227. The van der Waals surface area contributed by atoms with Crippen molar-refractivity contribution in [1.82, 2.24) is 25.0 Å². The van der Waals surface area contributed by atoms with Gasteiger partial charge in [0, 0.05) is 18.4 Å². The molecule has 0 unspecified atom stereocenters. The van der Waals surface area contributed by atoms with E-state index in [0.717, 1.165) is 5.56 Å². The maximum absolute atomic E-state index is 13.4. The summed E-state index contributed by atoms with van der Waals surface area (Å²) in [6, 6.07) is 11.0. The first kappa shape index (κ1) is 20.4. The van der Waals surface area contributed by atoms with Crippen LogP contribution in [0.25, 0.3) is 27.8 Å². The highest BCUT2D eigenvalue weighted by molar-refractivity contribution is 5.83. The van der Waals surface area contributed by atoms with Crippen molar-refractivity contribution in [3.63, 3.8) is 0 Å². The summed E-state index contributed by atoms with van der Waals surface area (Å²) < 4.78 is 19.6. The first-order valence-electron chi connectivity index (χ1n) is 9.81. The van der Waals surface area contributed by atoms with Gasteiger partial charge in [-0.1, -0.05) is 6.07 Å². The lowest BCUT2D eigenvalue weighted by Gasteiger charge is -2.14. The number of rotatable bonds is 7. The van der Waals surface area contributed by atoms with E-state index in [1.54, 1.807) is 36.5 Å². The molecule has 0 aliphatic heterocycles. The van der Waals surface area contributed by atoms with Crippen molar-refractivity contribution in [3.8, 4) is 16.9 Å². The predicted octanol–water partition coefficient (Wildman–Crippen LogP) is 3.20. The Hall–Kier alpha value is -3.88. The molecule has 4 rings (SSSR count). The van der Waals surface area contributed by atoms with Gasteiger partial charge in [0.15, 0.2) is 0 Å². The number of unbranched alkanes of at least 4 members (excludes halogenated alkanes) is 1. The summed E-state index contributed by atoms with van der Waals surface area (Å²) in [6.45, 7) is 0. The molecular formula is C22H20FN5O3. The van der Waals surface area contributed by atoms with E-state index < -0.39 is 0 Å². The molecule has 0 saturated carbocycles. The minimum Gasteiger partial charge on any atom is -0.469 e. The number of carbonyl (C=O) groups is 1. The predicted molar refractivity (Wildman–Crippen MR) is 112 cm³/mol. The van der Waals surface area contributed by atoms with Crippen LogP contribution in [-0.2, 0) is 16.0 Å². The number of methoxy groups -OCH3 is 1. The highest BCUT2D eigenvalue weighted by Gasteiger charge is 2.14. The maximum atomic E-state index is 13.4. The molecule has 0 bridgehead atoms. The van der Waals surface area contributed by atoms with Gasteiger partial charge in [-0.3, -0.25) is 14.2 Å². The third-order valence-corrected chi connectivity index (χ3v) is 4.99. The molecule has 0 amide bonds. The maximum Gasteiger partial charge on any atom is 0.305 e. The van der Waals surface area contributed by atoms with Gasteiger partial charge >= 0.3 is 5.97 Å². The number of benzene rings is 2.